The summed E-state index contributed by atoms with van der Waals surface area (Å²) >= 11 is 1.89. The predicted molar refractivity (Wildman–Crippen MR) is 103 cm³/mol. The molecule has 2 N–H and O–H groups in total. The van der Waals surface area contributed by atoms with Crippen LogP contribution in [0.5, 0.6) is 0 Å². The minimum absolute atomic E-state index is 0.178. The maximum Gasteiger partial charge on any atom is 0.224 e. The lowest BCUT2D eigenvalue weighted by Gasteiger charge is -2.34. The van der Waals surface area contributed by atoms with Gasteiger partial charge in [-0.1, -0.05) is 0 Å². The molecule has 6 nitrogen and oxygen atoms in total. The number of hydrogen-bond acceptors (Lipinski definition) is 4. The van der Waals surface area contributed by atoms with Crippen molar-refractivity contribution in [1.29, 1.82) is 0 Å². The van der Waals surface area contributed by atoms with Gasteiger partial charge in [0, 0.05) is 50.6 Å². The zero-order valence-corrected chi connectivity index (χ0v) is 16.5. The van der Waals surface area contributed by atoms with Crippen molar-refractivity contribution in [2.24, 2.45) is 4.99 Å². The number of nitrogens with one attached hydrogen (secondary N) is 2. The fourth-order valence-corrected chi connectivity index (χ4v) is 3.53. The van der Waals surface area contributed by atoms with E-state index in [1.54, 1.807) is 0 Å². The fourth-order valence-electron chi connectivity index (χ4n) is 2.76. The molecule has 1 amide bonds. The van der Waals surface area contributed by atoms with Gasteiger partial charge < -0.3 is 20.3 Å². The lowest BCUT2D eigenvalue weighted by Crippen LogP contribution is -2.42. The third-order valence-electron chi connectivity index (χ3n) is 4.45. The van der Waals surface area contributed by atoms with E-state index in [1.165, 1.54) is 0 Å². The van der Waals surface area contributed by atoms with Gasteiger partial charge in [-0.3, -0.25) is 9.79 Å². The maximum absolute atomic E-state index is 12.1. The summed E-state index contributed by atoms with van der Waals surface area (Å²) in [7, 11) is 0. The Labute approximate surface area is 151 Å². The molecule has 1 saturated heterocycles. The van der Waals surface area contributed by atoms with Crippen molar-refractivity contribution >= 4 is 23.6 Å². The van der Waals surface area contributed by atoms with Crippen LogP contribution in [0.15, 0.2) is 4.99 Å². The van der Waals surface area contributed by atoms with Crippen molar-refractivity contribution in [3.8, 4) is 0 Å². The Kier molecular flexibility index (Phi) is 10.2. The highest BCUT2D eigenvalue weighted by molar-refractivity contribution is 8.00. The average Bonchev–Trinajstić information content (AvgIpc) is 2.61. The van der Waals surface area contributed by atoms with Crippen LogP contribution in [-0.4, -0.2) is 73.7 Å². The molecule has 1 rings (SSSR count). The molecule has 24 heavy (non-hydrogen) atoms. The van der Waals surface area contributed by atoms with Crippen molar-refractivity contribution in [3.05, 3.63) is 0 Å². The van der Waals surface area contributed by atoms with Crippen LogP contribution >= 0.6 is 11.8 Å². The summed E-state index contributed by atoms with van der Waals surface area (Å²) in [5.74, 6) is 0.984. The highest BCUT2D eigenvalue weighted by Gasteiger charge is 2.31. The van der Waals surface area contributed by atoms with Gasteiger partial charge >= 0.3 is 0 Å². The Balaban J connectivity index is 2.51. The van der Waals surface area contributed by atoms with Crippen molar-refractivity contribution in [1.82, 2.24) is 15.5 Å². The number of carbonyl (C=O) groups is 1. The average molecular weight is 359 g/mol. The Morgan fingerprint density at radius 2 is 1.88 bits per heavy atom. The summed E-state index contributed by atoms with van der Waals surface area (Å²) in [6.45, 7) is 11.4. The van der Waals surface area contributed by atoms with Gasteiger partial charge in [0.05, 0.1) is 6.54 Å². The SMILES string of the molecule is CCNC(=NCC1(SC)CCOCC1)NCCC(=O)N(CC)CC. The van der Waals surface area contributed by atoms with Gasteiger partial charge in [0.25, 0.3) is 0 Å². The van der Waals surface area contributed by atoms with Crippen molar-refractivity contribution < 1.29 is 9.53 Å². The zero-order chi connectivity index (χ0) is 17.8. The van der Waals surface area contributed by atoms with Gasteiger partial charge in [0.15, 0.2) is 5.96 Å². The van der Waals surface area contributed by atoms with Crippen LogP contribution in [0.2, 0.25) is 0 Å². The topological polar surface area (TPSA) is 66.0 Å². The third kappa shape index (κ3) is 6.89. The molecule has 0 aromatic heterocycles. The van der Waals surface area contributed by atoms with Gasteiger partial charge in [-0.05, 0) is 39.9 Å². The van der Waals surface area contributed by atoms with E-state index in [2.05, 4.69) is 23.8 Å². The second-order valence-corrected chi connectivity index (χ2v) is 7.21. The van der Waals surface area contributed by atoms with E-state index in [9.17, 15) is 4.79 Å². The third-order valence-corrected chi connectivity index (χ3v) is 5.86. The maximum atomic E-state index is 12.1. The van der Waals surface area contributed by atoms with E-state index in [4.69, 9.17) is 9.73 Å². The van der Waals surface area contributed by atoms with Gasteiger partial charge in [-0.25, -0.2) is 0 Å². The smallest absolute Gasteiger partial charge is 0.224 e. The molecular formula is C17H34N4O2S. The van der Waals surface area contributed by atoms with Crippen molar-refractivity contribution in [2.45, 2.75) is 44.8 Å². The Hall–Kier alpha value is -0.950. The first-order valence-electron chi connectivity index (χ1n) is 9.03. The van der Waals surface area contributed by atoms with Crippen LogP contribution in [0.25, 0.3) is 0 Å². The molecule has 0 spiro atoms. The van der Waals surface area contributed by atoms with Gasteiger partial charge in [0.1, 0.15) is 0 Å². The van der Waals surface area contributed by atoms with Crippen LogP contribution in [0.4, 0.5) is 0 Å². The number of nitrogens with zero attached hydrogens (tertiary/aromatic N) is 2. The molecule has 140 valence electrons. The van der Waals surface area contributed by atoms with E-state index in [1.807, 2.05) is 30.5 Å². The summed E-state index contributed by atoms with van der Waals surface area (Å²) in [5.41, 5.74) is 0. The van der Waals surface area contributed by atoms with Crippen LogP contribution in [0, 0.1) is 0 Å². The molecule has 1 fully saturated rings. The molecule has 0 bridgehead atoms. The lowest BCUT2D eigenvalue weighted by molar-refractivity contribution is -0.130. The summed E-state index contributed by atoms with van der Waals surface area (Å²) < 4.78 is 5.66. The zero-order valence-electron chi connectivity index (χ0n) is 15.7. The molecule has 7 heteroatoms. The molecule has 0 aliphatic carbocycles. The highest BCUT2D eigenvalue weighted by atomic mass is 32.2. The summed E-state index contributed by atoms with van der Waals surface area (Å²) in [6, 6.07) is 0. The molecule has 0 unspecified atom stereocenters. The van der Waals surface area contributed by atoms with E-state index in [0.717, 1.165) is 58.2 Å². The monoisotopic (exact) mass is 358 g/mol. The van der Waals surface area contributed by atoms with Crippen LogP contribution in [-0.2, 0) is 9.53 Å². The summed E-state index contributed by atoms with van der Waals surface area (Å²) in [4.78, 5) is 18.7. The standard InChI is InChI=1S/C17H34N4O2S/c1-5-18-16(19-11-8-15(22)21(6-2)7-3)20-14-17(24-4)9-12-23-13-10-17/h5-14H2,1-4H3,(H2,18,19,20). The van der Waals surface area contributed by atoms with Gasteiger partial charge in [0.2, 0.25) is 5.91 Å². The molecule has 0 saturated carbocycles. The lowest BCUT2D eigenvalue weighted by atomic mass is 9.99. The first-order chi connectivity index (χ1) is 11.6. The summed E-state index contributed by atoms with van der Waals surface area (Å²) in [5, 5.41) is 6.55. The number of rotatable bonds is 9. The molecule has 0 atom stereocenters. The van der Waals surface area contributed by atoms with E-state index in [0.29, 0.717) is 13.0 Å². The van der Waals surface area contributed by atoms with Crippen molar-refractivity contribution in [3.63, 3.8) is 0 Å². The molecule has 1 aliphatic heterocycles. The van der Waals surface area contributed by atoms with E-state index >= 15 is 0 Å². The molecule has 0 aromatic carbocycles. The second-order valence-electron chi connectivity index (χ2n) is 5.94. The van der Waals surface area contributed by atoms with E-state index in [-0.39, 0.29) is 10.7 Å². The minimum atomic E-state index is 0.178. The number of carbonyl (C=O) groups excluding carboxylic acids is 1. The van der Waals surface area contributed by atoms with E-state index < -0.39 is 0 Å². The van der Waals surface area contributed by atoms with Crippen molar-refractivity contribution in [2.75, 3.05) is 52.2 Å². The van der Waals surface area contributed by atoms with Crippen LogP contribution in [0.1, 0.15) is 40.0 Å². The minimum Gasteiger partial charge on any atom is -0.381 e. The Bertz CT molecular complexity index is 394. The molecule has 0 aromatic rings. The first-order valence-corrected chi connectivity index (χ1v) is 10.3. The number of guanidine groups is 1. The normalized spacial score (nSPS) is 17.4. The second kappa shape index (κ2) is 11.6. The quantitative estimate of drug-likeness (QED) is 0.485. The molecule has 1 aliphatic rings. The van der Waals surface area contributed by atoms with Gasteiger partial charge in [-0.2, -0.15) is 11.8 Å². The largest absolute Gasteiger partial charge is 0.381 e. The molecule has 1 heterocycles. The number of thioether (sulfide) groups is 1. The number of aliphatic imine (C=N–C) groups is 1. The number of hydrogen-bond donors (Lipinski definition) is 2. The molecular weight excluding hydrogens is 324 g/mol. The number of ether oxygens (including phenoxy) is 1. The van der Waals surface area contributed by atoms with Crippen LogP contribution in [0.3, 0.4) is 0 Å². The molecule has 0 radical (unpaired) electrons. The van der Waals surface area contributed by atoms with Crippen LogP contribution < -0.4 is 10.6 Å². The van der Waals surface area contributed by atoms with Gasteiger partial charge in [-0.15, -0.1) is 0 Å². The summed E-state index contributed by atoms with van der Waals surface area (Å²) in [6.07, 6.45) is 4.73. The Morgan fingerprint density at radius 3 is 2.42 bits per heavy atom. The highest BCUT2D eigenvalue weighted by Crippen LogP contribution is 2.33. The number of amides is 1. The fraction of sp³-hybridized carbons (Fsp3) is 0.882. The predicted octanol–water partition coefficient (Wildman–Crippen LogP) is 1.71. The Morgan fingerprint density at radius 1 is 1.21 bits per heavy atom. The first kappa shape index (κ1) is 21.1.